The zero-order chi connectivity index (χ0) is 11.8. The molecule has 0 saturated carbocycles. The third kappa shape index (κ3) is 4.82. The molecule has 1 rings (SSSR count). The van der Waals surface area contributed by atoms with E-state index in [9.17, 15) is 0 Å². The van der Waals surface area contributed by atoms with Crippen molar-refractivity contribution < 1.29 is 0 Å². The van der Waals surface area contributed by atoms with Gasteiger partial charge in [-0.1, -0.05) is 35.9 Å². The molecular weight excluding hydrogens is 313 g/mol. The van der Waals surface area contributed by atoms with Crippen molar-refractivity contribution in [1.82, 2.24) is 15.1 Å². The number of rotatable bonds is 8. The van der Waals surface area contributed by atoms with Crippen molar-refractivity contribution in [2.45, 2.75) is 39.2 Å². The summed E-state index contributed by atoms with van der Waals surface area (Å²) >= 11 is 2.44. The number of hydrogen-bond acceptors (Lipinski definition) is 2. The van der Waals surface area contributed by atoms with Gasteiger partial charge >= 0.3 is 0 Å². The van der Waals surface area contributed by atoms with Gasteiger partial charge in [0.25, 0.3) is 0 Å². The van der Waals surface area contributed by atoms with Crippen LogP contribution in [0, 0.1) is 0 Å². The van der Waals surface area contributed by atoms with Crippen molar-refractivity contribution in [3.05, 3.63) is 17.5 Å². The van der Waals surface area contributed by atoms with Crippen LogP contribution in [-0.2, 0) is 20.0 Å². The zero-order valence-electron chi connectivity index (χ0n) is 10.3. The monoisotopic (exact) mass is 335 g/mol. The summed E-state index contributed by atoms with van der Waals surface area (Å²) in [5, 5.41) is 7.91. The van der Waals surface area contributed by atoms with E-state index in [0.717, 1.165) is 19.5 Å². The Morgan fingerprint density at radius 3 is 2.81 bits per heavy atom. The van der Waals surface area contributed by atoms with E-state index in [-0.39, 0.29) is 0 Å². The molecule has 0 spiro atoms. The van der Waals surface area contributed by atoms with Crippen LogP contribution in [-0.4, -0.2) is 20.8 Å². The molecule has 4 heteroatoms. The van der Waals surface area contributed by atoms with Crippen LogP contribution in [0.3, 0.4) is 0 Å². The molecule has 0 radical (unpaired) electrons. The van der Waals surface area contributed by atoms with Crippen LogP contribution in [0.4, 0.5) is 0 Å². The Hall–Kier alpha value is -0.100. The molecule has 1 aromatic heterocycles. The molecule has 0 amide bonds. The molecule has 0 saturated heterocycles. The lowest BCUT2D eigenvalue weighted by Gasteiger charge is -2.04. The SMILES string of the molecule is CCc1cc(CNCCCCCI)n(C)n1. The largest absolute Gasteiger partial charge is 0.311 e. The van der Waals surface area contributed by atoms with Crippen LogP contribution in [0.15, 0.2) is 6.07 Å². The van der Waals surface area contributed by atoms with E-state index >= 15 is 0 Å². The number of nitrogens with zero attached hydrogens (tertiary/aromatic N) is 2. The summed E-state index contributed by atoms with van der Waals surface area (Å²) in [6, 6.07) is 2.19. The standard InChI is InChI=1S/C12H22IN3/c1-3-11-9-12(16(2)15-11)10-14-8-6-4-5-7-13/h9,14H,3-8,10H2,1-2H3. The molecule has 1 heterocycles. The van der Waals surface area contributed by atoms with Crippen molar-refractivity contribution >= 4 is 22.6 Å². The summed E-state index contributed by atoms with van der Waals surface area (Å²) in [5.41, 5.74) is 2.47. The van der Waals surface area contributed by atoms with E-state index in [1.54, 1.807) is 0 Å². The lowest BCUT2D eigenvalue weighted by molar-refractivity contribution is 0.589. The summed E-state index contributed by atoms with van der Waals surface area (Å²) in [7, 11) is 2.02. The Kier molecular flexibility index (Phi) is 7.03. The van der Waals surface area contributed by atoms with Gasteiger partial charge in [0.05, 0.1) is 11.4 Å². The van der Waals surface area contributed by atoms with Crippen LogP contribution < -0.4 is 5.32 Å². The molecule has 0 aromatic carbocycles. The molecule has 1 aromatic rings. The minimum Gasteiger partial charge on any atom is -0.311 e. The number of nitrogens with one attached hydrogen (secondary N) is 1. The molecule has 16 heavy (non-hydrogen) atoms. The van der Waals surface area contributed by atoms with E-state index in [4.69, 9.17) is 0 Å². The molecule has 0 bridgehead atoms. The fourth-order valence-electron chi connectivity index (χ4n) is 1.65. The minimum atomic E-state index is 0.938. The molecule has 0 fully saturated rings. The highest BCUT2D eigenvalue weighted by Crippen LogP contribution is 2.03. The third-order valence-electron chi connectivity index (χ3n) is 2.68. The summed E-state index contributed by atoms with van der Waals surface area (Å²) in [6.45, 7) is 4.20. The molecule has 0 aliphatic rings. The minimum absolute atomic E-state index is 0.938. The number of aromatic nitrogens is 2. The lowest BCUT2D eigenvalue weighted by Crippen LogP contribution is -2.16. The Morgan fingerprint density at radius 1 is 1.38 bits per heavy atom. The first-order valence-corrected chi connectivity index (χ1v) is 7.59. The van der Waals surface area contributed by atoms with E-state index in [1.807, 2.05) is 11.7 Å². The fraction of sp³-hybridized carbons (Fsp3) is 0.750. The van der Waals surface area contributed by atoms with Gasteiger partial charge in [-0.15, -0.1) is 0 Å². The Balaban J connectivity index is 2.18. The second-order valence-electron chi connectivity index (χ2n) is 4.03. The van der Waals surface area contributed by atoms with Crippen LogP contribution >= 0.6 is 22.6 Å². The zero-order valence-corrected chi connectivity index (χ0v) is 12.5. The van der Waals surface area contributed by atoms with E-state index in [1.165, 1.54) is 35.1 Å². The Bertz CT molecular complexity index is 296. The van der Waals surface area contributed by atoms with Gasteiger partial charge in [-0.05, 0) is 36.3 Å². The smallest absolute Gasteiger partial charge is 0.0625 e. The molecule has 0 aliphatic carbocycles. The topological polar surface area (TPSA) is 29.9 Å². The lowest BCUT2D eigenvalue weighted by atomic mass is 10.2. The van der Waals surface area contributed by atoms with Crippen LogP contribution in [0.1, 0.15) is 37.6 Å². The van der Waals surface area contributed by atoms with Gasteiger partial charge in [-0.2, -0.15) is 5.10 Å². The second kappa shape index (κ2) is 8.06. The molecule has 3 nitrogen and oxygen atoms in total. The van der Waals surface area contributed by atoms with Crippen molar-refractivity contribution in [2.24, 2.45) is 7.05 Å². The Labute approximate surface area is 112 Å². The molecule has 92 valence electrons. The Morgan fingerprint density at radius 2 is 2.19 bits per heavy atom. The normalized spacial score (nSPS) is 10.9. The highest BCUT2D eigenvalue weighted by atomic mass is 127. The number of hydrogen-bond donors (Lipinski definition) is 1. The maximum absolute atomic E-state index is 4.43. The van der Waals surface area contributed by atoms with Gasteiger partial charge in [-0.25, -0.2) is 0 Å². The first kappa shape index (κ1) is 14.0. The average molecular weight is 335 g/mol. The third-order valence-corrected chi connectivity index (χ3v) is 3.45. The molecular formula is C12H22IN3. The van der Waals surface area contributed by atoms with Crippen molar-refractivity contribution in [3.63, 3.8) is 0 Å². The predicted molar refractivity (Wildman–Crippen MR) is 77.0 cm³/mol. The highest BCUT2D eigenvalue weighted by Gasteiger charge is 2.02. The highest BCUT2D eigenvalue weighted by molar-refractivity contribution is 14.1. The molecule has 0 aliphatic heterocycles. The molecule has 0 atom stereocenters. The first-order chi connectivity index (χ1) is 7.77. The van der Waals surface area contributed by atoms with Crippen LogP contribution in [0.25, 0.3) is 0 Å². The van der Waals surface area contributed by atoms with Crippen LogP contribution in [0.2, 0.25) is 0 Å². The van der Waals surface area contributed by atoms with Gasteiger partial charge in [0.15, 0.2) is 0 Å². The number of unbranched alkanes of at least 4 members (excludes halogenated alkanes) is 2. The summed E-state index contributed by atoms with van der Waals surface area (Å²) in [4.78, 5) is 0. The van der Waals surface area contributed by atoms with E-state index in [2.05, 4.69) is 46.0 Å². The predicted octanol–water partition coefficient (Wildman–Crippen LogP) is 2.68. The van der Waals surface area contributed by atoms with Gasteiger partial charge in [0.1, 0.15) is 0 Å². The number of alkyl halides is 1. The van der Waals surface area contributed by atoms with Crippen molar-refractivity contribution in [3.8, 4) is 0 Å². The summed E-state index contributed by atoms with van der Waals surface area (Å²) in [5.74, 6) is 0. The van der Waals surface area contributed by atoms with Gasteiger partial charge < -0.3 is 5.32 Å². The summed E-state index contributed by atoms with van der Waals surface area (Å²) < 4.78 is 3.26. The molecule has 1 N–H and O–H groups in total. The summed E-state index contributed by atoms with van der Waals surface area (Å²) in [6.07, 6.45) is 4.97. The second-order valence-corrected chi connectivity index (χ2v) is 5.11. The van der Waals surface area contributed by atoms with Crippen molar-refractivity contribution in [1.29, 1.82) is 0 Å². The maximum Gasteiger partial charge on any atom is 0.0625 e. The van der Waals surface area contributed by atoms with Gasteiger partial charge in [-0.3, -0.25) is 4.68 Å². The maximum atomic E-state index is 4.43. The van der Waals surface area contributed by atoms with E-state index < -0.39 is 0 Å². The van der Waals surface area contributed by atoms with Gasteiger partial charge in [0, 0.05) is 13.6 Å². The first-order valence-electron chi connectivity index (χ1n) is 6.06. The van der Waals surface area contributed by atoms with Crippen LogP contribution in [0.5, 0.6) is 0 Å². The number of halogens is 1. The quantitative estimate of drug-likeness (QED) is 0.450. The van der Waals surface area contributed by atoms with Crippen molar-refractivity contribution in [2.75, 3.05) is 11.0 Å². The fourth-order valence-corrected chi connectivity index (χ4v) is 2.19. The molecule has 0 unspecified atom stereocenters. The van der Waals surface area contributed by atoms with Gasteiger partial charge in [0.2, 0.25) is 0 Å². The average Bonchev–Trinajstić information content (AvgIpc) is 2.65. The van der Waals surface area contributed by atoms with E-state index in [0.29, 0.717) is 0 Å². The number of aryl methyl sites for hydroxylation is 2.